The van der Waals surface area contributed by atoms with Crippen molar-refractivity contribution in [2.45, 2.75) is 92.2 Å². The molecule has 0 fully saturated rings. The summed E-state index contributed by atoms with van der Waals surface area (Å²) in [4.78, 5) is 51.1. The number of hydrogen-bond donors (Lipinski definition) is 2. The Kier molecular flexibility index (Phi) is 14.7. The normalized spacial score (nSPS) is 12.5. The van der Waals surface area contributed by atoms with E-state index in [1.165, 1.54) is 0 Å². The lowest BCUT2D eigenvalue weighted by molar-refractivity contribution is -0.113. The highest BCUT2D eigenvalue weighted by Crippen LogP contribution is 2.34. The lowest BCUT2D eigenvalue weighted by Crippen LogP contribution is -2.22. The SMILES string of the molecule is CC1=C(c2ccc3[nH]c(-c4nc(C)no4)cc3c2)N=C(C(=O)CCc2ccc(C#N)cc2)C1.Cc1noc(-c2cc3cc(-c4nc(C(=O)CCc5ccc(C#N)cc5)n(COCC[Si](C)(C)C)c4C)ccc3[nH]2)n1. The Morgan fingerprint density at radius 1 is 0.689 bits per heavy atom. The first-order chi connectivity index (χ1) is 35.6. The van der Waals surface area contributed by atoms with Crippen LogP contribution in [0.5, 0.6) is 0 Å². The second-order valence-electron chi connectivity index (χ2n) is 19.7. The van der Waals surface area contributed by atoms with Gasteiger partial charge < -0.3 is 28.3 Å². The minimum absolute atomic E-state index is 0.0470. The molecule has 0 amide bonds. The van der Waals surface area contributed by atoms with Crippen LogP contribution in [0.3, 0.4) is 0 Å². The first-order valence-electron chi connectivity index (χ1n) is 24.5. The second kappa shape index (κ2) is 21.6. The van der Waals surface area contributed by atoms with Gasteiger partial charge in [0.25, 0.3) is 11.8 Å². The zero-order chi connectivity index (χ0) is 52.1. The molecule has 17 heteroatoms. The Labute approximate surface area is 428 Å². The third kappa shape index (κ3) is 11.7. The van der Waals surface area contributed by atoms with E-state index in [2.05, 4.69) is 74.2 Å². The van der Waals surface area contributed by atoms with E-state index < -0.39 is 8.07 Å². The van der Waals surface area contributed by atoms with E-state index in [4.69, 9.17) is 34.3 Å². The second-order valence-corrected chi connectivity index (χ2v) is 25.4. The zero-order valence-corrected chi connectivity index (χ0v) is 43.5. The van der Waals surface area contributed by atoms with Crippen LogP contribution in [0.15, 0.2) is 117 Å². The average Bonchev–Trinajstić information content (AvgIpc) is 4.28. The van der Waals surface area contributed by atoms with Gasteiger partial charge >= 0.3 is 0 Å². The molecule has 10 rings (SSSR count). The molecule has 5 aromatic heterocycles. The third-order valence-electron chi connectivity index (χ3n) is 12.8. The number of carbonyl (C=O) groups is 2. The van der Waals surface area contributed by atoms with Crippen molar-refractivity contribution in [1.29, 1.82) is 10.5 Å². The fourth-order valence-electron chi connectivity index (χ4n) is 8.66. The van der Waals surface area contributed by atoms with Crippen LogP contribution in [-0.4, -0.2) is 71.8 Å². The molecule has 1 aliphatic rings. The van der Waals surface area contributed by atoms with E-state index >= 15 is 0 Å². The molecular formula is C57H55N11O5Si. The minimum atomic E-state index is -1.25. The minimum Gasteiger partial charge on any atom is -0.361 e. The molecule has 2 N–H and O–H groups in total. The van der Waals surface area contributed by atoms with E-state index in [0.29, 0.717) is 84.8 Å². The number of nitriles is 2. The molecule has 0 unspecified atom stereocenters. The molecular weight excluding hydrogens is 947 g/mol. The van der Waals surface area contributed by atoms with Crippen LogP contribution in [0, 0.1) is 43.4 Å². The predicted octanol–water partition coefficient (Wildman–Crippen LogP) is 11.9. The van der Waals surface area contributed by atoms with Gasteiger partial charge in [-0.1, -0.05) is 66.4 Å². The summed E-state index contributed by atoms with van der Waals surface area (Å²) in [7, 11) is -1.25. The van der Waals surface area contributed by atoms with Crippen molar-refractivity contribution in [2.24, 2.45) is 4.99 Å². The van der Waals surface area contributed by atoms with Gasteiger partial charge in [-0.05, 0) is 124 Å². The molecule has 0 radical (unpaired) electrons. The molecule has 4 aromatic carbocycles. The Hall–Kier alpha value is -8.64. The first-order valence-corrected chi connectivity index (χ1v) is 28.2. The number of nitrogens with zero attached hydrogens (tertiary/aromatic N) is 9. The summed E-state index contributed by atoms with van der Waals surface area (Å²) in [6.45, 7) is 15.4. The number of ketones is 2. The van der Waals surface area contributed by atoms with Gasteiger partial charge in [0, 0.05) is 72.6 Å². The lowest BCUT2D eigenvalue weighted by Gasteiger charge is -2.16. The van der Waals surface area contributed by atoms with Gasteiger partial charge in [-0.15, -0.1) is 0 Å². The van der Waals surface area contributed by atoms with Crippen LogP contribution in [0.2, 0.25) is 25.7 Å². The number of allylic oxidation sites excluding steroid dienone is 1. The molecule has 0 spiro atoms. The van der Waals surface area contributed by atoms with Crippen molar-refractivity contribution in [2.75, 3.05) is 6.61 Å². The Balaban J connectivity index is 0.000000186. The number of imidazole rings is 1. The average molecular weight is 1000 g/mol. The van der Waals surface area contributed by atoms with Gasteiger partial charge in [-0.25, -0.2) is 9.98 Å². The number of rotatable bonds is 17. The highest BCUT2D eigenvalue weighted by molar-refractivity contribution is 6.76. The molecule has 6 heterocycles. The quantitative estimate of drug-likeness (QED) is 0.0493. The van der Waals surface area contributed by atoms with Gasteiger partial charge in [0.15, 0.2) is 29.0 Å². The first kappa shape index (κ1) is 50.3. The molecule has 74 heavy (non-hydrogen) atoms. The summed E-state index contributed by atoms with van der Waals surface area (Å²) in [6, 6.07) is 36.0. The van der Waals surface area contributed by atoms with E-state index in [-0.39, 0.29) is 18.3 Å². The van der Waals surface area contributed by atoms with Gasteiger partial charge in [-0.2, -0.15) is 20.5 Å². The lowest BCUT2D eigenvalue weighted by atomic mass is 10.0. The van der Waals surface area contributed by atoms with Crippen molar-refractivity contribution in [3.8, 4) is 46.6 Å². The topological polar surface area (TPSA) is 231 Å². The highest BCUT2D eigenvalue weighted by atomic mass is 28.3. The number of hydrogen-bond acceptors (Lipinski definition) is 13. The number of Topliss-reactive ketones (excluding diaryl/α,β-unsaturated/α-hetero) is 2. The van der Waals surface area contributed by atoms with Crippen LogP contribution in [0.25, 0.3) is 61.9 Å². The van der Waals surface area contributed by atoms with E-state index in [9.17, 15) is 9.59 Å². The molecule has 9 aromatic rings. The highest BCUT2D eigenvalue weighted by Gasteiger charge is 2.24. The van der Waals surface area contributed by atoms with Gasteiger partial charge in [0.1, 0.15) is 18.1 Å². The Morgan fingerprint density at radius 3 is 1.73 bits per heavy atom. The van der Waals surface area contributed by atoms with Crippen molar-refractivity contribution in [3.05, 3.63) is 154 Å². The number of ether oxygens (including phenoxy) is 1. The van der Waals surface area contributed by atoms with Gasteiger partial charge in [0.2, 0.25) is 0 Å². The number of fused-ring (bicyclic) bond motifs is 2. The number of aromatic nitrogens is 8. The standard InChI is InChI=1S/C31H34N6O3Si.C26H21N5O2/c1-20-29(24-11-12-26-25(16-24)17-27(34-26)31-33-21(2)36-40-31)35-30(37(20)19-39-14-15-41(3,4)5)28(38)13-10-22-6-8-23(18-32)9-7-22;1-15-11-22(24(32)10-7-17-3-5-18(14-27)6-4-17)30-25(15)19-8-9-21-20(12-19)13-23(29-21)26-28-16(2)31-33-26/h6-9,11-12,16-17,34H,10,13-15,19H2,1-5H3;3-6,8-9,12-13,29H,7,10-11H2,1-2H3. The van der Waals surface area contributed by atoms with Gasteiger partial charge in [0.05, 0.1) is 40.4 Å². The summed E-state index contributed by atoms with van der Waals surface area (Å²) >= 11 is 0. The molecule has 0 atom stereocenters. The maximum absolute atomic E-state index is 13.5. The predicted molar refractivity (Wildman–Crippen MR) is 286 cm³/mol. The van der Waals surface area contributed by atoms with Crippen LogP contribution in [0.1, 0.15) is 82.0 Å². The van der Waals surface area contributed by atoms with Crippen molar-refractivity contribution in [3.63, 3.8) is 0 Å². The van der Waals surface area contributed by atoms with Crippen molar-refractivity contribution in [1.82, 2.24) is 39.8 Å². The number of nitrogens with one attached hydrogen (secondary N) is 2. The Bertz CT molecular complexity index is 3700. The molecule has 0 saturated heterocycles. The molecule has 16 nitrogen and oxygen atoms in total. The fraction of sp³-hybridized carbons (Fsp3) is 0.263. The van der Waals surface area contributed by atoms with Crippen LogP contribution >= 0.6 is 0 Å². The molecule has 0 bridgehead atoms. The smallest absolute Gasteiger partial charge is 0.274 e. The summed E-state index contributed by atoms with van der Waals surface area (Å²) in [5.74, 6) is 2.46. The number of carbonyl (C=O) groups excluding carboxylic acids is 2. The number of H-pyrrole nitrogens is 2. The van der Waals surface area contributed by atoms with Crippen molar-refractivity contribution < 1.29 is 23.4 Å². The fourth-order valence-corrected chi connectivity index (χ4v) is 9.41. The summed E-state index contributed by atoms with van der Waals surface area (Å²) in [5.41, 5.74) is 12.7. The maximum atomic E-state index is 13.5. The number of aromatic amines is 2. The summed E-state index contributed by atoms with van der Waals surface area (Å²) in [6.07, 6.45) is 2.47. The molecule has 0 aliphatic carbocycles. The molecule has 0 saturated carbocycles. The van der Waals surface area contributed by atoms with Crippen LogP contribution < -0.4 is 0 Å². The molecule has 1 aliphatic heterocycles. The molecule has 372 valence electrons. The summed E-state index contributed by atoms with van der Waals surface area (Å²) in [5, 5.41) is 27.7. The van der Waals surface area contributed by atoms with Gasteiger partial charge in [-0.3, -0.25) is 9.59 Å². The van der Waals surface area contributed by atoms with E-state index in [1.54, 1.807) is 38.1 Å². The van der Waals surface area contributed by atoms with E-state index in [0.717, 1.165) is 84.1 Å². The Morgan fingerprint density at radius 2 is 1.22 bits per heavy atom. The van der Waals surface area contributed by atoms with Crippen LogP contribution in [-0.2, 0) is 29.1 Å². The number of aryl methyl sites for hydroxylation is 4. The largest absolute Gasteiger partial charge is 0.361 e. The van der Waals surface area contributed by atoms with Crippen LogP contribution in [0.4, 0.5) is 0 Å². The summed E-state index contributed by atoms with van der Waals surface area (Å²) < 4.78 is 18.6. The number of benzene rings is 4. The maximum Gasteiger partial charge on any atom is 0.274 e. The number of aliphatic imine (C=N–C) groups is 1. The zero-order valence-electron chi connectivity index (χ0n) is 42.5. The van der Waals surface area contributed by atoms with E-state index in [1.807, 2.05) is 79.1 Å². The monoisotopic (exact) mass is 1000 g/mol. The van der Waals surface area contributed by atoms with Crippen molar-refractivity contribution >= 4 is 52.9 Å². The third-order valence-corrected chi connectivity index (χ3v) is 14.5.